The molecule has 27 heavy (non-hydrogen) atoms. The van der Waals surface area contributed by atoms with E-state index in [0.29, 0.717) is 25.6 Å². The predicted octanol–water partition coefficient (Wildman–Crippen LogP) is 2.66. The van der Waals surface area contributed by atoms with Crippen LogP contribution in [-0.4, -0.2) is 60.9 Å². The van der Waals surface area contributed by atoms with Crippen molar-refractivity contribution in [3.8, 4) is 0 Å². The van der Waals surface area contributed by atoms with Crippen LogP contribution in [0.2, 0.25) is 0 Å². The Balaban J connectivity index is 1.95. The van der Waals surface area contributed by atoms with E-state index >= 15 is 0 Å². The molecule has 0 spiro atoms. The van der Waals surface area contributed by atoms with Crippen LogP contribution in [0.25, 0.3) is 0 Å². The van der Waals surface area contributed by atoms with Crippen LogP contribution in [0.15, 0.2) is 24.3 Å². The SMILES string of the molecule is CCNC(=O)CN1CCCN(C(=O)C(C)c2cccc(CC(C)C)c2)CC1. The first-order chi connectivity index (χ1) is 12.9. The fraction of sp³-hybridized carbons (Fsp3) is 0.636. The molecule has 2 rings (SSSR count). The molecule has 1 aromatic carbocycles. The highest BCUT2D eigenvalue weighted by molar-refractivity contribution is 5.83. The molecule has 1 fully saturated rings. The Kier molecular flexibility index (Phi) is 8.29. The van der Waals surface area contributed by atoms with Crippen LogP contribution in [0, 0.1) is 5.92 Å². The molecule has 1 aliphatic heterocycles. The van der Waals surface area contributed by atoms with Gasteiger partial charge in [-0.15, -0.1) is 0 Å². The zero-order chi connectivity index (χ0) is 19.8. The average molecular weight is 374 g/mol. The molecule has 1 atom stereocenters. The van der Waals surface area contributed by atoms with Gasteiger partial charge in [0.2, 0.25) is 11.8 Å². The minimum absolute atomic E-state index is 0.0626. The fourth-order valence-electron chi connectivity index (χ4n) is 3.68. The van der Waals surface area contributed by atoms with Gasteiger partial charge in [-0.3, -0.25) is 14.5 Å². The predicted molar refractivity (Wildman–Crippen MR) is 110 cm³/mol. The van der Waals surface area contributed by atoms with Gasteiger partial charge in [-0.1, -0.05) is 38.1 Å². The van der Waals surface area contributed by atoms with Crippen molar-refractivity contribution in [2.24, 2.45) is 5.92 Å². The van der Waals surface area contributed by atoms with E-state index in [1.807, 2.05) is 18.7 Å². The number of likely N-dealkylation sites (N-methyl/N-ethyl adjacent to an activating group) is 1. The van der Waals surface area contributed by atoms with Crippen molar-refractivity contribution < 1.29 is 9.59 Å². The van der Waals surface area contributed by atoms with Gasteiger partial charge < -0.3 is 10.2 Å². The molecule has 1 heterocycles. The van der Waals surface area contributed by atoms with Crippen LogP contribution < -0.4 is 5.32 Å². The van der Waals surface area contributed by atoms with Crippen LogP contribution >= 0.6 is 0 Å². The Hall–Kier alpha value is -1.88. The summed E-state index contributed by atoms with van der Waals surface area (Å²) in [5.74, 6) is 0.726. The lowest BCUT2D eigenvalue weighted by Crippen LogP contribution is -2.40. The first kappa shape index (κ1) is 21.4. The Morgan fingerprint density at radius 2 is 1.89 bits per heavy atom. The van der Waals surface area contributed by atoms with Gasteiger partial charge >= 0.3 is 0 Å². The highest BCUT2D eigenvalue weighted by Gasteiger charge is 2.25. The number of carbonyl (C=O) groups excluding carboxylic acids is 2. The summed E-state index contributed by atoms with van der Waals surface area (Å²) in [7, 11) is 0. The van der Waals surface area contributed by atoms with E-state index in [9.17, 15) is 9.59 Å². The monoisotopic (exact) mass is 373 g/mol. The van der Waals surface area contributed by atoms with Crippen molar-refractivity contribution >= 4 is 11.8 Å². The number of nitrogens with one attached hydrogen (secondary N) is 1. The minimum Gasteiger partial charge on any atom is -0.355 e. The maximum absolute atomic E-state index is 13.0. The summed E-state index contributed by atoms with van der Waals surface area (Å²) in [6.07, 6.45) is 1.94. The molecule has 2 amide bonds. The second-order valence-corrected chi connectivity index (χ2v) is 7.97. The number of hydrogen-bond acceptors (Lipinski definition) is 3. The van der Waals surface area contributed by atoms with Crippen molar-refractivity contribution in [3.63, 3.8) is 0 Å². The lowest BCUT2D eigenvalue weighted by Gasteiger charge is -2.25. The van der Waals surface area contributed by atoms with Crippen LogP contribution in [-0.2, 0) is 16.0 Å². The molecular weight excluding hydrogens is 338 g/mol. The van der Waals surface area contributed by atoms with E-state index in [4.69, 9.17) is 0 Å². The van der Waals surface area contributed by atoms with Gasteiger partial charge in [0.1, 0.15) is 0 Å². The lowest BCUT2D eigenvalue weighted by molar-refractivity contribution is -0.132. The Morgan fingerprint density at radius 3 is 2.59 bits per heavy atom. The molecular formula is C22H35N3O2. The summed E-state index contributed by atoms with van der Waals surface area (Å²) in [6, 6.07) is 8.45. The smallest absolute Gasteiger partial charge is 0.234 e. The van der Waals surface area contributed by atoms with E-state index in [-0.39, 0.29) is 17.7 Å². The lowest BCUT2D eigenvalue weighted by atomic mass is 9.94. The molecule has 0 aromatic heterocycles. The molecule has 1 aliphatic rings. The third kappa shape index (κ3) is 6.65. The maximum Gasteiger partial charge on any atom is 0.234 e. The minimum atomic E-state index is -0.132. The highest BCUT2D eigenvalue weighted by Crippen LogP contribution is 2.21. The molecule has 0 radical (unpaired) electrons. The van der Waals surface area contributed by atoms with Gasteiger partial charge in [0, 0.05) is 32.7 Å². The van der Waals surface area contributed by atoms with Crippen molar-refractivity contribution in [1.82, 2.24) is 15.1 Å². The standard InChI is InChI=1S/C22H35N3O2/c1-5-23-21(26)16-24-10-7-11-25(13-12-24)22(27)18(4)20-9-6-8-19(15-20)14-17(2)3/h6,8-9,15,17-18H,5,7,10-14,16H2,1-4H3,(H,23,26). The summed E-state index contributed by atoms with van der Waals surface area (Å²) in [4.78, 5) is 29.0. The molecule has 0 bridgehead atoms. The molecule has 1 saturated heterocycles. The molecule has 1 aromatic rings. The van der Waals surface area contributed by atoms with E-state index in [1.165, 1.54) is 5.56 Å². The summed E-state index contributed by atoms with van der Waals surface area (Å²) < 4.78 is 0. The molecule has 5 heteroatoms. The van der Waals surface area contributed by atoms with Gasteiger partial charge in [0.25, 0.3) is 0 Å². The maximum atomic E-state index is 13.0. The second kappa shape index (κ2) is 10.5. The fourth-order valence-corrected chi connectivity index (χ4v) is 3.68. The summed E-state index contributed by atoms with van der Waals surface area (Å²) in [6.45, 7) is 12.5. The first-order valence-corrected chi connectivity index (χ1v) is 10.3. The van der Waals surface area contributed by atoms with E-state index in [2.05, 4.69) is 48.3 Å². The Labute approximate surface area is 164 Å². The molecule has 0 saturated carbocycles. The van der Waals surface area contributed by atoms with Crippen molar-refractivity contribution in [2.45, 2.75) is 46.5 Å². The van der Waals surface area contributed by atoms with Gasteiger partial charge in [-0.25, -0.2) is 0 Å². The van der Waals surface area contributed by atoms with Crippen molar-refractivity contribution in [1.29, 1.82) is 0 Å². The molecule has 1 N–H and O–H groups in total. The zero-order valence-corrected chi connectivity index (χ0v) is 17.3. The number of benzene rings is 1. The van der Waals surface area contributed by atoms with E-state index in [0.717, 1.165) is 38.0 Å². The van der Waals surface area contributed by atoms with Crippen LogP contribution in [0.3, 0.4) is 0 Å². The third-order valence-corrected chi connectivity index (χ3v) is 5.11. The topological polar surface area (TPSA) is 52.7 Å². The average Bonchev–Trinajstić information content (AvgIpc) is 2.86. The molecule has 5 nitrogen and oxygen atoms in total. The number of amides is 2. The highest BCUT2D eigenvalue weighted by atomic mass is 16.2. The summed E-state index contributed by atoms with van der Waals surface area (Å²) in [5.41, 5.74) is 2.40. The Morgan fingerprint density at radius 1 is 1.11 bits per heavy atom. The van der Waals surface area contributed by atoms with E-state index < -0.39 is 0 Å². The third-order valence-electron chi connectivity index (χ3n) is 5.11. The van der Waals surface area contributed by atoms with Gasteiger partial charge in [-0.2, -0.15) is 0 Å². The summed E-state index contributed by atoms with van der Waals surface area (Å²) >= 11 is 0. The van der Waals surface area contributed by atoms with Gasteiger partial charge in [0.05, 0.1) is 12.5 Å². The van der Waals surface area contributed by atoms with Crippen molar-refractivity contribution in [3.05, 3.63) is 35.4 Å². The molecule has 150 valence electrons. The number of nitrogens with zero attached hydrogens (tertiary/aromatic N) is 2. The van der Waals surface area contributed by atoms with E-state index in [1.54, 1.807) is 0 Å². The van der Waals surface area contributed by atoms with Crippen molar-refractivity contribution in [2.75, 3.05) is 39.3 Å². The zero-order valence-electron chi connectivity index (χ0n) is 17.3. The second-order valence-electron chi connectivity index (χ2n) is 7.97. The quantitative estimate of drug-likeness (QED) is 0.799. The largest absolute Gasteiger partial charge is 0.355 e. The normalized spacial score (nSPS) is 16.9. The first-order valence-electron chi connectivity index (χ1n) is 10.3. The molecule has 0 aliphatic carbocycles. The van der Waals surface area contributed by atoms with Crippen LogP contribution in [0.5, 0.6) is 0 Å². The number of carbonyl (C=O) groups is 2. The van der Waals surface area contributed by atoms with Gasteiger partial charge in [-0.05, 0) is 43.7 Å². The number of rotatable bonds is 7. The molecule has 1 unspecified atom stereocenters. The van der Waals surface area contributed by atoms with Crippen LogP contribution in [0.1, 0.15) is 51.2 Å². The summed E-state index contributed by atoms with van der Waals surface area (Å²) in [5, 5.41) is 2.84. The number of hydrogen-bond donors (Lipinski definition) is 1. The Bertz CT molecular complexity index is 630. The van der Waals surface area contributed by atoms with Crippen LogP contribution in [0.4, 0.5) is 0 Å². The van der Waals surface area contributed by atoms with Gasteiger partial charge in [0.15, 0.2) is 0 Å².